The number of fused-ring (bicyclic) bond motifs is 1. The van der Waals surface area contributed by atoms with Gasteiger partial charge in [0, 0.05) is 12.1 Å². The fourth-order valence-corrected chi connectivity index (χ4v) is 1.98. The van der Waals surface area contributed by atoms with E-state index in [0.717, 1.165) is 12.1 Å². The monoisotopic (exact) mass is 189 g/mol. The number of aryl methyl sites for hydroxylation is 1. The summed E-state index contributed by atoms with van der Waals surface area (Å²) in [5.74, 6) is 0.582. The fraction of sp³-hybridized carbons (Fsp3) is 0.417. The van der Waals surface area contributed by atoms with Crippen LogP contribution in [0.25, 0.3) is 0 Å². The number of rotatable bonds is 0. The van der Waals surface area contributed by atoms with Crippen LogP contribution in [0.4, 0.5) is 5.69 Å². The number of hydrogen-bond donors (Lipinski definition) is 1. The molecule has 0 bridgehead atoms. The number of benzene rings is 1. The van der Waals surface area contributed by atoms with Gasteiger partial charge in [-0.2, -0.15) is 0 Å². The Morgan fingerprint density at radius 3 is 2.93 bits per heavy atom. The van der Waals surface area contributed by atoms with Crippen molar-refractivity contribution in [3.8, 4) is 0 Å². The van der Waals surface area contributed by atoms with E-state index in [1.165, 1.54) is 11.1 Å². The van der Waals surface area contributed by atoms with Crippen molar-refractivity contribution in [1.82, 2.24) is 0 Å². The van der Waals surface area contributed by atoms with Crippen LogP contribution in [0.5, 0.6) is 0 Å². The molecule has 2 nitrogen and oxygen atoms in total. The standard InChI is InChI=1S/C12H15NO/c1-8-3-4-11-10(5-8)6-9(2)7-12(14)13-11/h3-5,9H,6-7H2,1-2H3,(H,13,14). The van der Waals surface area contributed by atoms with Crippen LogP contribution in [0.2, 0.25) is 0 Å². The molecule has 0 aliphatic carbocycles. The van der Waals surface area contributed by atoms with Crippen molar-refractivity contribution < 1.29 is 4.79 Å². The summed E-state index contributed by atoms with van der Waals surface area (Å²) in [5, 5.41) is 2.94. The molecule has 74 valence electrons. The summed E-state index contributed by atoms with van der Waals surface area (Å²) in [6.07, 6.45) is 1.63. The van der Waals surface area contributed by atoms with Crippen molar-refractivity contribution in [3.05, 3.63) is 29.3 Å². The van der Waals surface area contributed by atoms with E-state index in [0.29, 0.717) is 12.3 Å². The van der Waals surface area contributed by atoms with E-state index in [2.05, 4.69) is 25.2 Å². The molecule has 1 aliphatic heterocycles. The van der Waals surface area contributed by atoms with Gasteiger partial charge in [-0.25, -0.2) is 0 Å². The van der Waals surface area contributed by atoms with E-state index in [4.69, 9.17) is 0 Å². The number of nitrogens with one attached hydrogen (secondary N) is 1. The first kappa shape index (κ1) is 9.25. The molecule has 1 N–H and O–H groups in total. The van der Waals surface area contributed by atoms with Crippen LogP contribution in [0.1, 0.15) is 24.5 Å². The predicted octanol–water partition coefficient (Wildman–Crippen LogP) is 2.52. The van der Waals surface area contributed by atoms with E-state index in [1.807, 2.05) is 12.1 Å². The Kier molecular flexibility index (Phi) is 2.28. The Bertz CT molecular complexity index is 371. The lowest BCUT2D eigenvalue weighted by molar-refractivity contribution is -0.116. The maximum atomic E-state index is 11.4. The first-order valence-corrected chi connectivity index (χ1v) is 5.04. The van der Waals surface area contributed by atoms with E-state index in [1.54, 1.807) is 0 Å². The average Bonchev–Trinajstić information content (AvgIpc) is 2.21. The maximum absolute atomic E-state index is 11.4. The molecule has 1 unspecified atom stereocenters. The summed E-state index contributed by atoms with van der Waals surface area (Å²) in [6.45, 7) is 4.20. The second-order valence-corrected chi connectivity index (χ2v) is 4.22. The van der Waals surface area contributed by atoms with E-state index in [9.17, 15) is 4.79 Å². The van der Waals surface area contributed by atoms with Gasteiger partial charge < -0.3 is 5.32 Å². The summed E-state index contributed by atoms with van der Waals surface area (Å²) in [5.41, 5.74) is 3.51. The molecule has 0 saturated heterocycles. The lowest BCUT2D eigenvalue weighted by Crippen LogP contribution is -2.11. The summed E-state index contributed by atoms with van der Waals surface area (Å²) < 4.78 is 0. The Balaban J connectivity index is 2.41. The molecule has 14 heavy (non-hydrogen) atoms. The molecule has 2 heteroatoms. The molecule has 1 atom stereocenters. The zero-order valence-corrected chi connectivity index (χ0v) is 8.63. The summed E-state index contributed by atoms with van der Waals surface area (Å²) in [4.78, 5) is 11.4. The fourth-order valence-electron chi connectivity index (χ4n) is 1.98. The molecule has 0 aromatic heterocycles. The van der Waals surface area contributed by atoms with Crippen LogP contribution >= 0.6 is 0 Å². The van der Waals surface area contributed by atoms with Gasteiger partial charge in [-0.1, -0.05) is 24.6 Å². The van der Waals surface area contributed by atoms with E-state index >= 15 is 0 Å². The highest BCUT2D eigenvalue weighted by Crippen LogP contribution is 2.25. The topological polar surface area (TPSA) is 29.1 Å². The predicted molar refractivity (Wildman–Crippen MR) is 57.3 cm³/mol. The summed E-state index contributed by atoms with van der Waals surface area (Å²) in [6, 6.07) is 6.20. The quantitative estimate of drug-likeness (QED) is 0.667. The highest BCUT2D eigenvalue weighted by Gasteiger charge is 2.17. The van der Waals surface area contributed by atoms with Crippen LogP contribution in [0.3, 0.4) is 0 Å². The van der Waals surface area contributed by atoms with Gasteiger partial charge in [0.05, 0.1) is 0 Å². The van der Waals surface area contributed by atoms with Crippen LogP contribution in [-0.4, -0.2) is 5.91 Å². The van der Waals surface area contributed by atoms with Gasteiger partial charge in [0.1, 0.15) is 0 Å². The van der Waals surface area contributed by atoms with Crippen LogP contribution in [-0.2, 0) is 11.2 Å². The smallest absolute Gasteiger partial charge is 0.224 e. The van der Waals surface area contributed by atoms with Gasteiger partial charge in [0.25, 0.3) is 0 Å². The third-order valence-corrected chi connectivity index (χ3v) is 2.64. The summed E-state index contributed by atoms with van der Waals surface area (Å²) in [7, 11) is 0. The van der Waals surface area contributed by atoms with Crippen molar-refractivity contribution in [2.75, 3.05) is 5.32 Å². The highest BCUT2D eigenvalue weighted by atomic mass is 16.1. The molecule has 0 saturated carbocycles. The normalized spacial score (nSPS) is 21.0. The van der Waals surface area contributed by atoms with Gasteiger partial charge in [0.2, 0.25) is 5.91 Å². The Hall–Kier alpha value is -1.31. The van der Waals surface area contributed by atoms with Gasteiger partial charge >= 0.3 is 0 Å². The second kappa shape index (κ2) is 3.45. The third kappa shape index (κ3) is 1.79. The van der Waals surface area contributed by atoms with Crippen molar-refractivity contribution in [2.24, 2.45) is 5.92 Å². The number of carbonyl (C=O) groups is 1. The molecule has 2 rings (SSSR count). The minimum atomic E-state index is 0.139. The van der Waals surface area contributed by atoms with Crippen molar-refractivity contribution in [2.45, 2.75) is 26.7 Å². The first-order chi connectivity index (χ1) is 6.65. The number of anilines is 1. The number of carbonyl (C=O) groups excluding carboxylic acids is 1. The molecule has 1 aromatic carbocycles. The lowest BCUT2D eigenvalue weighted by atomic mass is 9.98. The molecule has 1 heterocycles. The summed E-state index contributed by atoms with van der Waals surface area (Å²) >= 11 is 0. The van der Waals surface area contributed by atoms with E-state index in [-0.39, 0.29) is 5.91 Å². The largest absolute Gasteiger partial charge is 0.326 e. The van der Waals surface area contributed by atoms with Gasteiger partial charge in [0.15, 0.2) is 0 Å². The van der Waals surface area contributed by atoms with Gasteiger partial charge in [-0.15, -0.1) is 0 Å². The molecule has 1 amide bonds. The zero-order chi connectivity index (χ0) is 10.1. The Morgan fingerprint density at radius 2 is 2.14 bits per heavy atom. The van der Waals surface area contributed by atoms with Crippen LogP contribution < -0.4 is 5.32 Å². The lowest BCUT2D eigenvalue weighted by Gasteiger charge is -2.07. The van der Waals surface area contributed by atoms with Crippen molar-refractivity contribution in [1.29, 1.82) is 0 Å². The van der Waals surface area contributed by atoms with E-state index < -0.39 is 0 Å². The van der Waals surface area contributed by atoms with Gasteiger partial charge in [-0.05, 0) is 30.9 Å². The van der Waals surface area contributed by atoms with Crippen molar-refractivity contribution >= 4 is 11.6 Å². The van der Waals surface area contributed by atoms with Crippen molar-refractivity contribution in [3.63, 3.8) is 0 Å². The molecule has 0 spiro atoms. The second-order valence-electron chi connectivity index (χ2n) is 4.22. The average molecular weight is 189 g/mol. The molecular formula is C12H15NO. The van der Waals surface area contributed by atoms with Crippen LogP contribution in [0.15, 0.2) is 18.2 Å². The molecule has 0 fully saturated rings. The number of amides is 1. The van der Waals surface area contributed by atoms with Crippen LogP contribution in [0, 0.1) is 12.8 Å². The molecule has 0 radical (unpaired) electrons. The number of hydrogen-bond acceptors (Lipinski definition) is 1. The SMILES string of the molecule is Cc1ccc2c(c1)CC(C)CC(=O)N2. The highest BCUT2D eigenvalue weighted by molar-refractivity contribution is 5.92. The third-order valence-electron chi connectivity index (χ3n) is 2.64. The maximum Gasteiger partial charge on any atom is 0.224 e. The molecular weight excluding hydrogens is 174 g/mol. The Morgan fingerprint density at radius 1 is 1.36 bits per heavy atom. The molecule has 1 aliphatic rings. The minimum absolute atomic E-state index is 0.139. The molecule has 1 aromatic rings. The minimum Gasteiger partial charge on any atom is -0.326 e. The van der Waals surface area contributed by atoms with Gasteiger partial charge in [-0.3, -0.25) is 4.79 Å². The first-order valence-electron chi connectivity index (χ1n) is 5.04. The Labute approximate surface area is 84.3 Å². The zero-order valence-electron chi connectivity index (χ0n) is 8.63.